The van der Waals surface area contributed by atoms with Gasteiger partial charge in [0.25, 0.3) is 0 Å². The van der Waals surface area contributed by atoms with Crippen LogP contribution in [0.2, 0.25) is 0 Å². The normalized spacial score (nSPS) is 20.4. The van der Waals surface area contributed by atoms with E-state index in [0.29, 0.717) is 12.0 Å². The lowest BCUT2D eigenvalue weighted by atomic mass is 9.91. The van der Waals surface area contributed by atoms with Crippen molar-refractivity contribution in [3.05, 3.63) is 21.9 Å². The van der Waals surface area contributed by atoms with E-state index in [1.807, 2.05) is 11.3 Å². The lowest BCUT2D eigenvalue weighted by Crippen LogP contribution is -2.35. The van der Waals surface area contributed by atoms with E-state index in [9.17, 15) is 0 Å². The number of hydrogen-bond acceptors (Lipinski definition) is 4. The Hall–Kier alpha value is -0.420. The summed E-state index contributed by atoms with van der Waals surface area (Å²) in [4.78, 5) is 2.69. The Kier molecular flexibility index (Phi) is 3.75. The van der Waals surface area contributed by atoms with Gasteiger partial charge in [-0.1, -0.05) is 0 Å². The summed E-state index contributed by atoms with van der Waals surface area (Å²) in [6, 6.07) is 4.64. The van der Waals surface area contributed by atoms with Crippen molar-refractivity contribution < 1.29 is 4.74 Å². The Morgan fingerprint density at radius 3 is 2.73 bits per heavy atom. The molecule has 1 saturated heterocycles. The number of hydrogen-bond donors (Lipinski definition) is 2. The van der Waals surface area contributed by atoms with Crippen molar-refractivity contribution in [3.63, 3.8) is 0 Å². The van der Waals surface area contributed by atoms with Gasteiger partial charge in [0.1, 0.15) is 0 Å². The van der Waals surface area contributed by atoms with Gasteiger partial charge in [-0.15, -0.1) is 11.3 Å². The van der Waals surface area contributed by atoms with Crippen molar-refractivity contribution >= 4 is 11.3 Å². The van der Waals surface area contributed by atoms with Crippen LogP contribution in [-0.4, -0.2) is 13.2 Å². The first kappa shape index (κ1) is 11.1. The van der Waals surface area contributed by atoms with Gasteiger partial charge in [0.2, 0.25) is 0 Å². The fourth-order valence-electron chi connectivity index (χ4n) is 2.12. The molecule has 4 heteroatoms. The first-order valence-corrected chi connectivity index (χ1v) is 6.23. The van der Waals surface area contributed by atoms with Crippen LogP contribution < -0.4 is 11.3 Å². The highest BCUT2D eigenvalue weighted by Crippen LogP contribution is 2.33. The molecule has 2 heterocycles. The van der Waals surface area contributed by atoms with Crippen LogP contribution >= 0.6 is 11.3 Å². The van der Waals surface area contributed by atoms with E-state index in [1.165, 1.54) is 9.75 Å². The second-order valence-electron chi connectivity index (χ2n) is 4.04. The summed E-state index contributed by atoms with van der Waals surface area (Å²) < 4.78 is 5.37. The summed E-state index contributed by atoms with van der Waals surface area (Å²) in [6.07, 6.45) is 2.21. The molecule has 1 aliphatic rings. The van der Waals surface area contributed by atoms with Crippen LogP contribution in [0.4, 0.5) is 0 Å². The van der Waals surface area contributed by atoms with Crippen molar-refractivity contribution in [2.24, 2.45) is 11.8 Å². The van der Waals surface area contributed by atoms with E-state index >= 15 is 0 Å². The fraction of sp³-hybridized carbons (Fsp3) is 0.636. The van der Waals surface area contributed by atoms with Gasteiger partial charge in [0.05, 0.1) is 6.04 Å². The number of ether oxygens (including phenoxy) is 1. The molecule has 0 amide bonds. The molecule has 0 radical (unpaired) electrons. The maximum Gasteiger partial charge on any atom is 0.0583 e. The minimum atomic E-state index is 0.299. The van der Waals surface area contributed by atoms with E-state index < -0.39 is 0 Å². The second-order valence-corrected chi connectivity index (χ2v) is 5.36. The first-order valence-electron chi connectivity index (χ1n) is 5.41. The Morgan fingerprint density at radius 2 is 2.20 bits per heavy atom. The van der Waals surface area contributed by atoms with Crippen molar-refractivity contribution in [3.8, 4) is 0 Å². The topological polar surface area (TPSA) is 47.3 Å². The third kappa shape index (κ3) is 2.58. The molecule has 1 aliphatic heterocycles. The molecule has 15 heavy (non-hydrogen) atoms. The summed E-state index contributed by atoms with van der Waals surface area (Å²) in [5, 5.41) is 0. The molecule has 1 aromatic heterocycles. The predicted octanol–water partition coefficient (Wildman–Crippen LogP) is 1.99. The van der Waals surface area contributed by atoms with Gasteiger partial charge in [-0.2, -0.15) is 0 Å². The molecular weight excluding hydrogens is 208 g/mol. The van der Waals surface area contributed by atoms with Crippen LogP contribution in [0.25, 0.3) is 0 Å². The maximum atomic E-state index is 5.66. The summed E-state index contributed by atoms with van der Waals surface area (Å²) in [7, 11) is 0. The Balaban J connectivity index is 2.08. The Labute approximate surface area is 94.6 Å². The zero-order chi connectivity index (χ0) is 10.7. The minimum Gasteiger partial charge on any atom is -0.381 e. The molecule has 3 nitrogen and oxygen atoms in total. The van der Waals surface area contributed by atoms with Crippen molar-refractivity contribution in [2.45, 2.75) is 25.8 Å². The molecular formula is C11H18N2OS. The highest BCUT2D eigenvalue weighted by molar-refractivity contribution is 7.12. The van der Waals surface area contributed by atoms with Gasteiger partial charge in [-0.05, 0) is 37.8 Å². The Bertz CT molecular complexity index is 307. The van der Waals surface area contributed by atoms with Crippen LogP contribution in [-0.2, 0) is 4.74 Å². The van der Waals surface area contributed by atoms with E-state index in [-0.39, 0.29) is 0 Å². The zero-order valence-electron chi connectivity index (χ0n) is 9.03. The van der Waals surface area contributed by atoms with Gasteiger partial charge >= 0.3 is 0 Å². The largest absolute Gasteiger partial charge is 0.381 e. The van der Waals surface area contributed by atoms with E-state index in [2.05, 4.69) is 24.5 Å². The summed E-state index contributed by atoms with van der Waals surface area (Å²) in [5.74, 6) is 6.27. The average Bonchev–Trinajstić information content (AvgIpc) is 2.68. The summed E-state index contributed by atoms with van der Waals surface area (Å²) >= 11 is 1.83. The standard InChI is InChI=1S/C11H18N2OS/c1-8-2-3-10(15-8)11(13-12)9-4-6-14-7-5-9/h2-3,9,11,13H,4-7,12H2,1H3. The molecule has 84 valence electrons. The lowest BCUT2D eigenvalue weighted by molar-refractivity contribution is 0.0540. The van der Waals surface area contributed by atoms with E-state index in [4.69, 9.17) is 10.6 Å². The lowest BCUT2D eigenvalue weighted by Gasteiger charge is -2.29. The number of hydrazine groups is 1. The second kappa shape index (κ2) is 5.07. The smallest absolute Gasteiger partial charge is 0.0583 e. The third-order valence-corrected chi connectivity index (χ3v) is 4.07. The molecule has 1 fully saturated rings. The predicted molar refractivity (Wildman–Crippen MR) is 62.7 cm³/mol. The molecule has 0 aromatic carbocycles. The molecule has 0 saturated carbocycles. The van der Waals surface area contributed by atoms with E-state index in [0.717, 1.165) is 26.1 Å². The third-order valence-electron chi connectivity index (χ3n) is 2.98. The maximum absolute atomic E-state index is 5.66. The fourth-order valence-corrected chi connectivity index (χ4v) is 3.15. The van der Waals surface area contributed by atoms with Crippen LogP contribution in [0.3, 0.4) is 0 Å². The van der Waals surface area contributed by atoms with Gasteiger partial charge in [-0.25, -0.2) is 0 Å². The van der Waals surface area contributed by atoms with Gasteiger partial charge in [0.15, 0.2) is 0 Å². The number of nitrogens with one attached hydrogen (secondary N) is 1. The Morgan fingerprint density at radius 1 is 1.47 bits per heavy atom. The molecule has 0 aliphatic carbocycles. The van der Waals surface area contributed by atoms with Crippen molar-refractivity contribution in [1.29, 1.82) is 0 Å². The molecule has 0 spiro atoms. The first-order chi connectivity index (χ1) is 7.31. The molecule has 3 N–H and O–H groups in total. The summed E-state index contributed by atoms with van der Waals surface area (Å²) in [5.41, 5.74) is 2.96. The van der Waals surface area contributed by atoms with Gasteiger partial charge in [-0.3, -0.25) is 11.3 Å². The highest BCUT2D eigenvalue weighted by Gasteiger charge is 2.25. The molecule has 1 aromatic rings. The number of rotatable bonds is 3. The molecule has 1 atom stereocenters. The number of thiophene rings is 1. The SMILES string of the molecule is Cc1ccc(C(NN)C2CCOCC2)s1. The molecule has 2 rings (SSSR count). The highest BCUT2D eigenvalue weighted by atomic mass is 32.1. The quantitative estimate of drug-likeness (QED) is 0.612. The van der Waals surface area contributed by atoms with Crippen molar-refractivity contribution in [2.75, 3.05) is 13.2 Å². The van der Waals surface area contributed by atoms with Crippen LogP contribution in [0.5, 0.6) is 0 Å². The summed E-state index contributed by atoms with van der Waals surface area (Å²) in [6.45, 7) is 3.87. The number of aryl methyl sites for hydroxylation is 1. The monoisotopic (exact) mass is 226 g/mol. The van der Waals surface area contributed by atoms with Crippen LogP contribution in [0, 0.1) is 12.8 Å². The van der Waals surface area contributed by atoms with Gasteiger partial charge < -0.3 is 4.74 Å². The molecule has 1 unspecified atom stereocenters. The van der Waals surface area contributed by atoms with E-state index in [1.54, 1.807) is 0 Å². The molecule has 0 bridgehead atoms. The van der Waals surface area contributed by atoms with Gasteiger partial charge in [0, 0.05) is 23.0 Å². The van der Waals surface area contributed by atoms with Crippen LogP contribution in [0.15, 0.2) is 12.1 Å². The number of nitrogens with two attached hydrogens (primary N) is 1. The average molecular weight is 226 g/mol. The van der Waals surface area contributed by atoms with Crippen LogP contribution in [0.1, 0.15) is 28.6 Å². The zero-order valence-corrected chi connectivity index (χ0v) is 9.85. The minimum absolute atomic E-state index is 0.299. The van der Waals surface area contributed by atoms with Crippen molar-refractivity contribution in [1.82, 2.24) is 5.43 Å².